The summed E-state index contributed by atoms with van der Waals surface area (Å²) in [5, 5.41) is 2.80. The van der Waals surface area contributed by atoms with Crippen molar-refractivity contribution in [3.63, 3.8) is 0 Å². The van der Waals surface area contributed by atoms with Gasteiger partial charge in [-0.05, 0) is 31.5 Å². The van der Waals surface area contributed by atoms with Crippen LogP contribution in [-0.4, -0.2) is 32.9 Å². The number of anilines is 2. The molecule has 0 fully saturated rings. The number of ether oxygens (including phenoxy) is 1. The number of methoxy groups -OCH3 is 1. The van der Waals surface area contributed by atoms with Gasteiger partial charge in [0.25, 0.3) is 0 Å². The number of carbonyl (C=O) groups is 1. The molecule has 2 N–H and O–H groups in total. The maximum Gasteiger partial charge on any atom is 0.234 e. The van der Waals surface area contributed by atoms with E-state index in [0.29, 0.717) is 22.9 Å². The second kappa shape index (κ2) is 9.66. The van der Waals surface area contributed by atoms with Gasteiger partial charge in [0.2, 0.25) is 15.9 Å². The molecule has 0 aliphatic carbocycles. The second-order valence-corrected chi connectivity index (χ2v) is 8.95. The third-order valence-electron chi connectivity index (χ3n) is 3.72. The van der Waals surface area contributed by atoms with E-state index in [1.807, 2.05) is 25.1 Å². The SMILES string of the molecule is CCS(=O)(=O)Nc1ccc(NC(=O)CSCc2cccc(C)c2)cc1OC. The minimum Gasteiger partial charge on any atom is -0.494 e. The van der Waals surface area contributed by atoms with Crippen LogP contribution < -0.4 is 14.8 Å². The topological polar surface area (TPSA) is 84.5 Å². The van der Waals surface area contributed by atoms with Gasteiger partial charge in [-0.3, -0.25) is 9.52 Å². The maximum atomic E-state index is 12.1. The zero-order valence-electron chi connectivity index (χ0n) is 15.6. The molecule has 8 heteroatoms. The Labute approximate surface area is 164 Å². The molecular formula is C19H24N2O4S2. The number of sulfonamides is 1. The summed E-state index contributed by atoms with van der Waals surface area (Å²) in [7, 11) is -1.96. The van der Waals surface area contributed by atoms with Crippen molar-refractivity contribution >= 4 is 39.1 Å². The van der Waals surface area contributed by atoms with Crippen molar-refractivity contribution < 1.29 is 17.9 Å². The van der Waals surface area contributed by atoms with Gasteiger partial charge >= 0.3 is 0 Å². The molecule has 0 bridgehead atoms. The van der Waals surface area contributed by atoms with Gasteiger partial charge < -0.3 is 10.1 Å². The molecule has 27 heavy (non-hydrogen) atoms. The van der Waals surface area contributed by atoms with Gasteiger partial charge in [0.05, 0.1) is 24.3 Å². The first kappa shape index (κ1) is 21.1. The Balaban J connectivity index is 1.93. The highest BCUT2D eigenvalue weighted by molar-refractivity contribution is 7.99. The highest BCUT2D eigenvalue weighted by Gasteiger charge is 2.12. The van der Waals surface area contributed by atoms with E-state index in [2.05, 4.69) is 16.1 Å². The summed E-state index contributed by atoms with van der Waals surface area (Å²) in [5.74, 6) is 1.26. The molecule has 2 rings (SSSR count). The van der Waals surface area contributed by atoms with E-state index >= 15 is 0 Å². The number of nitrogens with one attached hydrogen (secondary N) is 2. The van der Waals surface area contributed by atoms with Crippen molar-refractivity contribution in [1.82, 2.24) is 0 Å². The fourth-order valence-corrected chi connectivity index (χ4v) is 3.78. The summed E-state index contributed by atoms with van der Waals surface area (Å²) in [4.78, 5) is 12.1. The summed E-state index contributed by atoms with van der Waals surface area (Å²) in [5.41, 5.74) is 3.27. The summed E-state index contributed by atoms with van der Waals surface area (Å²) in [6, 6.07) is 13.0. The van der Waals surface area contributed by atoms with Crippen molar-refractivity contribution in [2.75, 3.05) is 28.7 Å². The molecule has 0 heterocycles. The van der Waals surface area contributed by atoms with Crippen LogP contribution in [-0.2, 0) is 20.6 Å². The van der Waals surface area contributed by atoms with Crippen molar-refractivity contribution in [2.45, 2.75) is 19.6 Å². The fraction of sp³-hybridized carbons (Fsp3) is 0.316. The quantitative estimate of drug-likeness (QED) is 0.662. The molecule has 0 spiro atoms. The van der Waals surface area contributed by atoms with Crippen molar-refractivity contribution in [3.8, 4) is 5.75 Å². The third-order valence-corrected chi connectivity index (χ3v) is 6.01. The second-order valence-electron chi connectivity index (χ2n) is 5.95. The van der Waals surface area contributed by atoms with E-state index in [1.54, 1.807) is 25.1 Å². The molecule has 0 unspecified atom stereocenters. The number of hydrogen-bond acceptors (Lipinski definition) is 5. The normalized spacial score (nSPS) is 11.1. The van der Waals surface area contributed by atoms with Crippen molar-refractivity contribution in [2.24, 2.45) is 0 Å². The van der Waals surface area contributed by atoms with Gasteiger partial charge in [-0.15, -0.1) is 11.8 Å². The molecular weight excluding hydrogens is 384 g/mol. The van der Waals surface area contributed by atoms with E-state index in [1.165, 1.54) is 30.0 Å². The molecule has 0 aliphatic heterocycles. The fourth-order valence-electron chi connectivity index (χ4n) is 2.35. The minimum absolute atomic E-state index is 0.0349. The lowest BCUT2D eigenvalue weighted by Crippen LogP contribution is -2.16. The van der Waals surface area contributed by atoms with Gasteiger partial charge in [0.1, 0.15) is 5.75 Å². The van der Waals surface area contributed by atoms with Crippen molar-refractivity contribution in [1.29, 1.82) is 0 Å². The van der Waals surface area contributed by atoms with Crippen LogP contribution in [0.1, 0.15) is 18.1 Å². The molecule has 0 saturated heterocycles. The Kier molecular flexibility index (Phi) is 7.55. The van der Waals surface area contributed by atoms with E-state index in [0.717, 1.165) is 5.75 Å². The van der Waals surface area contributed by atoms with Crippen LogP contribution in [0.15, 0.2) is 42.5 Å². The summed E-state index contributed by atoms with van der Waals surface area (Å²) in [6.07, 6.45) is 0. The van der Waals surface area contributed by atoms with Crippen LogP contribution in [0.2, 0.25) is 0 Å². The van der Waals surface area contributed by atoms with E-state index < -0.39 is 10.0 Å². The lowest BCUT2D eigenvalue weighted by atomic mass is 10.2. The van der Waals surface area contributed by atoms with Crippen LogP contribution in [0, 0.1) is 6.92 Å². The summed E-state index contributed by atoms with van der Waals surface area (Å²) >= 11 is 1.53. The predicted octanol–water partition coefficient (Wildman–Crippen LogP) is 3.64. The number of benzene rings is 2. The average molecular weight is 409 g/mol. The number of rotatable bonds is 9. The minimum atomic E-state index is -3.40. The largest absolute Gasteiger partial charge is 0.494 e. The van der Waals surface area contributed by atoms with Crippen molar-refractivity contribution in [3.05, 3.63) is 53.6 Å². The first-order valence-corrected chi connectivity index (χ1v) is 11.3. The Morgan fingerprint density at radius 1 is 1.19 bits per heavy atom. The number of amides is 1. The monoisotopic (exact) mass is 408 g/mol. The first-order chi connectivity index (χ1) is 12.8. The van der Waals surface area contributed by atoms with Gasteiger partial charge in [-0.25, -0.2) is 8.42 Å². The zero-order valence-corrected chi connectivity index (χ0v) is 17.2. The molecule has 2 aromatic rings. The molecule has 6 nitrogen and oxygen atoms in total. The first-order valence-electron chi connectivity index (χ1n) is 8.44. The smallest absolute Gasteiger partial charge is 0.234 e. The van der Waals surface area contributed by atoms with E-state index in [-0.39, 0.29) is 11.7 Å². The molecule has 2 aromatic carbocycles. The number of aryl methyl sites for hydroxylation is 1. The van der Waals surface area contributed by atoms with Gasteiger partial charge in [-0.2, -0.15) is 0 Å². The molecule has 0 aromatic heterocycles. The Bertz CT molecular complexity index is 898. The molecule has 0 atom stereocenters. The van der Waals surface area contributed by atoms with Crippen LogP contribution in [0.4, 0.5) is 11.4 Å². The Morgan fingerprint density at radius 3 is 2.63 bits per heavy atom. The Morgan fingerprint density at radius 2 is 1.96 bits per heavy atom. The highest BCUT2D eigenvalue weighted by Crippen LogP contribution is 2.29. The Hall–Kier alpha value is -2.19. The van der Waals surface area contributed by atoms with Gasteiger partial charge in [0, 0.05) is 17.5 Å². The third kappa shape index (κ3) is 6.80. The summed E-state index contributed by atoms with van der Waals surface area (Å²) in [6.45, 7) is 3.59. The zero-order chi connectivity index (χ0) is 19.9. The van der Waals surface area contributed by atoms with Crippen LogP contribution in [0.5, 0.6) is 5.75 Å². The van der Waals surface area contributed by atoms with Crippen LogP contribution >= 0.6 is 11.8 Å². The number of carbonyl (C=O) groups excluding carboxylic acids is 1. The maximum absolute atomic E-state index is 12.1. The molecule has 0 radical (unpaired) electrons. The van der Waals surface area contributed by atoms with Crippen LogP contribution in [0.3, 0.4) is 0 Å². The standard InChI is InChI=1S/C19H24N2O4S2/c1-4-27(23,24)21-17-9-8-16(11-18(17)25-3)20-19(22)13-26-12-15-7-5-6-14(2)10-15/h5-11,21H,4,12-13H2,1-3H3,(H,20,22). The van der Waals surface area contributed by atoms with Crippen LogP contribution in [0.25, 0.3) is 0 Å². The van der Waals surface area contributed by atoms with Gasteiger partial charge in [-0.1, -0.05) is 29.8 Å². The molecule has 0 aliphatic rings. The molecule has 1 amide bonds. The van der Waals surface area contributed by atoms with Gasteiger partial charge in [0.15, 0.2) is 0 Å². The highest BCUT2D eigenvalue weighted by atomic mass is 32.2. The number of hydrogen-bond donors (Lipinski definition) is 2. The molecule has 0 saturated carbocycles. The predicted molar refractivity (Wildman–Crippen MR) is 112 cm³/mol. The lowest BCUT2D eigenvalue weighted by Gasteiger charge is -2.13. The summed E-state index contributed by atoms with van der Waals surface area (Å²) < 4.78 is 31.1. The lowest BCUT2D eigenvalue weighted by molar-refractivity contribution is -0.113. The van der Waals surface area contributed by atoms with E-state index in [4.69, 9.17) is 4.74 Å². The average Bonchev–Trinajstić information content (AvgIpc) is 2.63. The number of thioether (sulfide) groups is 1. The van der Waals surface area contributed by atoms with E-state index in [9.17, 15) is 13.2 Å². The molecule has 146 valence electrons.